The van der Waals surface area contributed by atoms with E-state index in [1.54, 1.807) is 6.08 Å². The van der Waals surface area contributed by atoms with Crippen LogP contribution < -0.4 is 5.32 Å². The Balaban J connectivity index is 1.67. The summed E-state index contributed by atoms with van der Waals surface area (Å²) >= 11 is 0. The molecule has 0 aliphatic carbocycles. The summed E-state index contributed by atoms with van der Waals surface area (Å²) in [6.07, 6.45) is 4.18. The first kappa shape index (κ1) is 17.9. The van der Waals surface area contributed by atoms with Crippen molar-refractivity contribution in [3.8, 4) is 0 Å². The number of carbonyl (C=O) groups excluding carboxylic acids is 2. The number of nitrogens with one attached hydrogen (secondary N) is 1. The first-order chi connectivity index (χ1) is 12.5. The molecule has 2 aromatic rings. The van der Waals surface area contributed by atoms with Gasteiger partial charge in [-0.3, -0.25) is 9.59 Å². The van der Waals surface area contributed by atoms with Gasteiger partial charge < -0.3 is 10.2 Å². The van der Waals surface area contributed by atoms with Crippen LogP contribution in [0.4, 0.5) is 5.69 Å². The molecule has 0 atom stereocenters. The standard InChI is InChI=1S/C22H24N2O2/c1-16(2)22(26)24-13-12-18-9-10-20(14-19(18)15-24)23-21(25)11-8-17-6-4-3-5-7-17/h3-11,14,16H,12-13,15H2,1-2H3,(H,23,25). The Bertz CT molecular complexity index is 825. The lowest BCUT2D eigenvalue weighted by atomic mass is 9.98. The van der Waals surface area contributed by atoms with Crippen LogP contribution in [0.15, 0.2) is 54.6 Å². The second-order valence-electron chi connectivity index (χ2n) is 6.88. The van der Waals surface area contributed by atoms with Crippen LogP contribution in [0.3, 0.4) is 0 Å². The van der Waals surface area contributed by atoms with E-state index >= 15 is 0 Å². The molecule has 0 fully saturated rings. The number of fused-ring (bicyclic) bond motifs is 1. The Morgan fingerprint density at radius 3 is 2.58 bits per heavy atom. The SMILES string of the molecule is CC(C)C(=O)N1CCc2ccc(NC(=O)C=Cc3ccccc3)cc2C1. The topological polar surface area (TPSA) is 49.4 Å². The number of rotatable bonds is 4. The van der Waals surface area contributed by atoms with Crippen LogP contribution in [-0.4, -0.2) is 23.3 Å². The molecular formula is C22H24N2O2. The lowest BCUT2D eigenvalue weighted by Gasteiger charge is -2.30. The molecule has 0 aromatic heterocycles. The van der Waals surface area contributed by atoms with Gasteiger partial charge in [0.05, 0.1) is 0 Å². The van der Waals surface area contributed by atoms with Crippen LogP contribution in [0, 0.1) is 5.92 Å². The van der Waals surface area contributed by atoms with Gasteiger partial charge in [-0.25, -0.2) is 0 Å². The average molecular weight is 348 g/mol. The van der Waals surface area contributed by atoms with E-state index in [9.17, 15) is 9.59 Å². The Morgan fingerprint density at radius 2 is 1.85 bits per heavy atom. The second kappa shape index (κ2) is 8.00. The zero-order valence-electron chi connectivity index (χ0n) is 15.2. The summed E-state index contributed by atoms with van der Waals surface area (Å²) in [5.41, 5.74) is 4.09. The number of carbonyl (C=O) groups is 2. The van der Waals surface area contributed by atoms with Gasteiger partial charge in [0.25, 0.3) is 0 Å². The van der Waals surface area contributed by atoms with E-state index in [0.29, 0.717) is 6.54 Å². The van der Waals surface area contributed by atoms with E-state index in [4.69, 9.17) is 0 Å². The van der Waals surface area contributed by atoms with Crippen LogP contribution in [0.5, 0.6) is 0 Å². The third-order valence-corrected chi connectivity index (χ3v) is 4.52. The summed E-state index contributed by atoms with van der Waals surface area (Å²) in [6.45, 7) is 5.21. The van der Waals surface area contributed by atoms with Gasteiger partial charge in [-0.15, -0.1) is 0 Å². The van der Waals surface area contributed by atoms with Crippen molar-refractivity contribution < 1.29 is 9.59 Å². The highest BCUT2D eigenvalue weighted by Crippen LogP contribution is 2.23. The fraction of sp³-hybridized carbons (Fsp3) is 0.273. The molecule has 0 unspecified atom stereocenters. The van der Waals surface area contributed by atoms with E-state index < -0.39 is 0 Å². The molecule has 134 valence electrons. The van der Waals surface area contributed by atoms with E-state index in [1.165, 1.54) is 11.6 Å². The smallest absolute Gasteiger partial charge is 0.248 e. The van der Waals surface area contributed by atoms with Gasteiger partial charge in [0, 0.05) is 30.8 Å². The maximum absolute atomic E-state index is 12.2. The fourth-order valence-electron chi connectivity index (χ4n) is 3.11. The van der Waals surface area contributed by atoms with Crippen molar-refractivity contribution in [1.82, 2.24) is 4.90 Å². The predicted molar refractivity (Wildman–Crippen MR) is 105 cm³/mol. The molecule has 0 spiro atoms. The van der Waals surface area contributed by atoms with Crippen molar-refractivity contribution in [1.29, 1.82) is 0 Å². The lowest BCUT2D eigenvalue weighted by molar-refractivity contribution is -0.135. The molecule has 1 aliphatic rings. The van der Waals surface area contributed by atoms with E-state index in [2.05, 4.69) is 5.32 Å². The molecule has 0 radical (unpaired) electrons. The van der Waals surface area contributed by atoms with Gasteiger partial charge in [0.15, 0.2) is 0 Å². The van der Waals surface area contributed by atoms with Crippen LogP contribution >= 0.6 is 0 Å². The molecule has 0 bridgehead atoms. The molecule has 0 saturated heterocycles. The molecule has 1 N–H and O–H groups in total. The first-order valence-corrected chi connectivity index (χ1v) is 8.97. The third kappa shape index (κ3) is 4.39. The quantitative estimate of drug-likeness (QED) is 0.853. The molecule has 1 aliphatic heterocycles. The van der Waals surface area contributed by atoms with Gasteiger partial charge in [0.1, 0.15) is 0 Å². The molecule has 26 heavy (non-hydrogen) atoms. The third-order valence-electron chi connectivity index (χ3n) is 4.52. The zero-order chi connectivity index (χ0) is 18.5. The number of benzene rings is 2. The van der Waals surface area contributed by atoms with E-state index in [-0.39, 0.29) is 17.7 Å². The van der Waals surface area contributed by atoms with Crippen LogP contribution in [0.1, 0.15) is 30.5 Å². The Labute approximate surface area is 154 Å². The summed E-state index contributed by atoms with van der Waals surface area (Å²) in [5, 5.41) is 2.90. The number of hydrogen-bond donors (Lipinski definition) is 1. The lowest BCUT2D eigenvalue weighted by Crippen LogP contribution is -2.38. The Kier molecular flexibility index (Phi) is 5.52. The highest BCUT2D eigenvalue weighted by atomic mass is 16.2. The molecule has 0 saturated carbocycles. The summed E-state index contributed by atoms with van der Waals surface area (Å²) in [4.78, 5) is 26.3. The largest absolute Gasteiger partial charge is 0.338 e. The second-order valence-corrected chi connectivity index (χ2v) is 6.88. The summed E-state index contributed by atoms with van der Waals surface area (Å²) in [5.74, 6) is 0.0122. The maximum Gasteiger partial charge on any atom is 0.248 e. The fourth-order valence-corrected chi connectivity index (χ4v) is 3.11. The zero-order valence-corrected chi connectivity index (χ0v) is 15.2. The van der Waals surface area contributed by atoms with Gasteiger partial charge in [0.2, 0.25) is 11.8 Å². The summed E-state index contributed by atoms with van der Waals surface area (Å²) < 4.78 is 0. The minimum Gasteiger partial charge on any atom is -0.338 e. The molecule has 2 amide bonds. The summed E-state index contributed by atoms with van der Waals surface area (Å²) in [7, 11) is 0. The molecule has 3 rings (SSSR count). The monoisotopic (exact) mass is 348 g/mol. The van der Waals surface area contributed by atoms with Crippen molar-refractivity contribution in [2.75, 3.05) is 11.9 Å². The number of hydrogen-bond acceptors (Lipinski definition) is 2. The Hall–Kier alpha value is -2.88. The number of nitrogens with zero attached hydrogens (tertiary/aromatic N) is 1. The minimum atomic E-state index is -0.167. The van der Waals surface area contributed by atoms with Crippen molar-refractivity contribution >= 4 is 23.6 Å². The van der Waals surface area contributed by atoms with Gasteiger partial charge in [-0.2, -0.15) is 0 Å². The van der Waals surface area contributed by atoms with Gasteiger partial charge >= 0.3 is 0 Å². The van der Waals surface area contributed by atoms with Crippen molar-refractivity contribution in [2.45, 2.75) is 26.8 Å². The first-order valence-electron chi connectivity index (χ1n) is 8.97. The van der Waals surface area contributed by atoms with Crippen molar-refractivity contribution in [3.63, 3.8) is 0 Å². The Morgan fingerprint density at radius 1 is 1.08 bits per heavy atom. The molecule has 1 heterocycles. The van der Waals surface area contributed by atoms with E-state index in [1.807, 2.05) is 67.3 Å². The van der Waals surface area contributed by atoms with Crippen LogP contribution in [0.25, 0.3) is 6.08 Å². The molecule has 2 aromatic carbocycles. The molecule has 4 nitrogen and oxygen atoms in total. The number of amides is 2. The minimum absolute atomic E-state index is 0.00237. The van der Waals surface area contributed by atoms with Crippen LogP contribution in [-0.2, 0) is 22.6 Å². The molecule has 4 heteroatoms. The molecular weight excluding hydrogens is 324 g/mol. The average Bonchev–Trinajstić information content (AvgIpc) is 2.66. The summed E-state index contributed by atoms with van der Waals surface area (Å²) in [6, 6.07) is 15.7. The number of anilines is 1. The van der Waals surface area contributed by atoms with Crippen molar-refractivity contribution in [3.05, 3.63) is 71.3 Å². The van der Waals surface area contributed by atoms with E-state index in [0.717, 1.165) is 29.8 Å². The van der Waals surface area contributed by atoms with Gasteiger partial charge in [-0.05, 0) is 41.3 Å². The highest BCUT2D eigenvalue weighted by Gasteiger charge is 2.22. The van der Waals surface area contributed by atoms with Gasteiger partial charge in [-0.1, -0.05) is 50.2 Å². The maximum atomic E-state index is 12.2. The normalized spacial score (nSPS) is 13.7. The van der Waals surface area contributed by atoms with Crippen molar-refractivity contribution in [2.24, 2.45) is 5.92 Å². The predicted octanol–water partition coefficient (Wildman–Crippen LogP) is 3.88. The van der Waals surface area contributed by atoms with Crippen LogP contribution in [0.2, 0.25) is 0 Å². The highest BCUT2D eigenvalue weighted by molar-refractivity contribution is 6.02.